The van der Waals surface area contributed by atoms with Gasteiger partial charge in [-0.25, -0.2) is 14.5 Å². The summed E-state index contributed by atoms with van der Waals surface area (Å²) >= 11 is 0. The second-order valence-electron chi connectivity index (χ2n) is 9.13. The van der Waals surface area contributed by atoms with E-state index in [1.807, 2.05) is 74.5 Å². The monoisotopic (exact) mass is 493 g/mol. The number of urea groups is 1. The Labute approximate surface area is 214 Å². The molecular weight excluding hydrogens is 454 g/mol. The van der Waals surface area contributed by atoms with Gasteiger partial charge in [-0.1, -0.05) is 93.8 Å². The molecule has 1 saturated carbocycles. The minimum Gasteiger partial charge on any atom is -0.459 e. The van der Waals surface area contributed by atoms with Crippen LogP contribution in [-0.2, 0) is 27.5 Å². The van der Waals surface area contributed by atoms with Crippen molar-refractivity contribution < 1.29 is 19.1 Å². The van der Waals surface area contributed by atoms with Crippen LogP contribution in [0.5, 0.6) is 0 Å². The zero-order valence-corrected chi connectivity index (χ0v) is 21.7. The summed E-state index contributed by atoms with van der Waals surface area (Å²) in [6.07, 6.45) is 5.20. The number of nitrogens with zero attached hydrogens (tertiary/aromatic N) is 2. The average molecular weight is 494 g/mol. The molecule has 7 heteroatoms. The number of nitrogens with one attached hydrogen (secondary N) is 1. The van der Waals surface area contributed by atoms with Crippen molar-refractivity contribution in [3.05, 3.63) is 71.8 Å². The number of ether oxygens (including phenoxy) is 1. The van der Waals surface area contributed by atoms with E-state index in [1.54, 1.807) is 11.9 Å². The number of imide groups is 1. The molecule has 194 valence electrons. The van der Waals surface area contributed by atoms with Gasteiger partial charge >= 0.3 is 12.0 Å². The first-order valence-corrected chi connectivity index (χ1v) is 13.1. The van der Waals surface area contributed by atoms with Crippen LogP contribution in [0, 0.1) is 5.92 Å². The minimum absolute atomic E-state index is 0.100. The van der Waals surface area contributed by atoms with Crippen LogP contribution < -0.4 is 5.32 Å². The van der Waals surface area contributed by atoms with Crippen LogP contribution in [-0.4, -0.2) is 53.4 Å². The maximum atomic E-state index is 13.7. The number of rotatable bonds is 8. The fourth-order valence-corrected chi connectivity index (χ4v) is 5.02. The van der Waals surface area contributed by atoms with Gasteiger partial charge in [-0.3, -0.25) is 4.79 Å². The highest BCUT2D eigenvalue weighted by Gasteiger charge is 2.48. The molecule has 2 aromatic carbocycles. The van der Waals surface area contributed by atoms with Gasteiger partial charge in [0.2, 0.25) is 5.91 Å². The van der Waals surface area contributed by atoms with E-state index in [2.05, 4.69) is 5.32 Å². The third kappa shape index (κ3) is 6.72. The topological polar surface area (TPSA) is 79.0 Å². The van der Waals surface area contributed by atoms with E-state index in [9.17, 15) is 14.4 Å². The third-order valence-corrected chi connectivity index (χ3v) is 6.83. The van der Waals surface area contributed by atoms with Crippen LogP contribution in [0.2, 0.25) is 0 Å². The Kier molecular flexibility index (Phi) is 10.5. The second kappa shape index (κ2) is 13.8. The number of likely N-dealkylation sites (N-methyl/N-ethyl adjacent to an activating group) is 1. The van der Waals surface area contributed by atoms with E-state index in [0.717, 1.165) is 41.7 Å². The summed E-state index contributed by atoms with van der Waals surface area (Å²) in [5.74, 6) is -0.737. The number of hydrogen-bond donors (Lipinski definition) is 1. The summed E-state index contributed by atoms with van der Waals surface area (Å²) in [7, 11) is 1.75. The van der Waals surface area contributed by atoms with E-state index in [0.29, 0.717) is 6.54 Å². The number of carbonyl (C=O) groups excluding carboxylic acids is 3. The van der Waals surface area contributed by atoms with Gasteiger partial charge in [-0.2, -0.15) is 0 Å². The number of esters is 1. The van der Waals surface area contributed by atoms with E-state index in [4.69, 9.17) is 4.74 Å². The van der Waals surface area contributed by atoms with Crippen LogP contribution in [0.3, 0.4) is 0 Å². The van der Waals surface area contributed by atoms with E-state index in [-0.39, 0.29) is 25.0 Å². The van der Waals surface area contributed by atoms with Crippen LogP contribution in [0.15, 0.2) is 60.7 Å². The molecule has 1 saturated heterocycles. The van der Waals surface area contributed by atoms with Crippen molar-refractivity contribution in [3.8, 4) is 0 Å². The Hall–Kier alpha value is -3.19. The largest absolute Gasteiger partial charge is 0.459 e. The first-order valence-electron chi connectivity index (χ1n) is 13.1. The lowest BCUT2D eigenvalue weighted by Crippen LogP contribution is -2.54. The summed E-state index contributed by atoms with van der Waals surface area (Å²) < 4.78 is 5.57. The molecule has 7 nitrogen and oxygen atoms in total. The predicted molar refractivity (Wildman–Crippen MR) is 140 cm³/mol. The van der Waals surface area contributed by atoms with Crippen LogP contribution >= 0.6 is 0 Å². The molecule has 0 aromatic heterocycles. The summed E-state index contributed by atoms with van der Waals surface area (Å²) in [5, 5.41) is 3.14. The standard InChI is InChI=1S/C27H33N3O4.C2H6/c1-28-24(22-15-9-4-10-16-22)25(31)30-23(26(32)34-19-21-13-7-3-8-14-21)18-29(27(30)33)17-20-11-5-2-6-12-20;1-2/h2-3,5-8,11-14,22-24,28H,4,9-10,15-19H2,1H3;1-2H3. The van der Waals surface area contributed by atoms with Crippen molar-refractivity contribution in [1.29, 1.82) is 0 Å². The van der Waals surface area contributed by atoms with Crippen molar-refractivity contribution >= 4 is 17.9 Å². The van der Waals surface area contributed by atoms with Gasteiger partial charge in [0.1, 0.15) is 6.61 Å². The molecule has 2 aliphatic rings. The lowest BCUT2D eigenvalue weighted by Gasteiger charge is -2.32. The zero-order chi connectivity index (χ0) is 25.9. The van der Waals surface area contributed by atoms with Crippen LogP contribution in [0.1, 0.15) is 57.1 Å². The molecule has 1 N–H and O–H groups in total. The maximum Gasteiger partial charge on any atom is 0.331 e. The molecule has 0 spiro atoms. The summed E-state index contributed by atoms with van der Waals surface area (Å²) in [6, 6.07) is 17.1. The molecule has 36 heavy (non-hydrogen) atoms. The zero-order valence-electron chi connectivity index (χ0n) is 21.7. The first-order chi connectivity index (χ1) is 17.6. The average Bonchev–Trinajstić information content (AvgIpc) is 3.26. The fourth-order valence-electron chi connectivity index (χ4n) is 5.02. The molecule has 4 rings (SSSR count). The summed E-state index contributed by atoms with van der Waals surface area (Å²) in [5.41, 5.74) is 1.80. The van der Waals surface area contributed by atoms with Crippen molar-refractivity contribution in [3.63, 3.8) is 0 Å². The molecule has 1 aliphatic heterocycles. The van der Waals surface area contributed by atoms with Crippen molar-refractivity contribution in [2.75, 3.05) is 13.6 Å². The Morgan fingerprint density at radius 3 is 2.11 bits per heavy atom. The predicted octanol–water partition coefficient (Wildman–Crippen LogP) is 4.76. The minimum atomic E-state index is -0.966. The molecule has 2 unspecified atom stereocenters. The van der Waals surface area contributed by atoms with Crippen LogP contribution in [0.25, 0.3) is 0 Å². The van der Waals surface area contributed by atoms with Gasteiger partial charge in [0.25, 0.3) is 0 Å². The molecule has 2 atom stereocenters. The van der Waals surface area contributed by atoms with Crippen LogP contribution in [0.4, 0.5) is 4.79 Å². The Balaban J connectivity index is 0.00000176. The molecule has 1 heterocycles. The summed E-state index contributed by atoms with van der Waals surface area (Å²) in [4.78, 5) is 43.0. The van der Waals surface area contributed by atoms with Gasteiger partial charge in [-0.15, -0.1) is 0 Å². The number of amides is 3. The molecule has 0 bridgehead atoms. The van der Waals surface area contributed by atoms with E-state index < -0.39 is 24.1 Å². The lowest BCUT2D eigenvalue weighted by atomic mass is 9.83. The van der Waals surface area contributed by atoms with Gasteiger partial charge in [0.15, 0.2) is 6.04 Å². The number of benzene rings is 2. The van der Waals surface area contributed by atoms with Gasteiger partial charge in [0.05, 0.1) is 12.6 Å². The summed E-state index contributed by atoms with van der Waals surface area (Å²) in [6.45, 7) is 4.55. The first kappa shape index (κ1) is 27.4. The van der Waals surface area contributed by atoms with Crippen molar-refractivity contribution in [2.45, 2.75) is 71.2 Å². The highest BCUT2D eigenvalue weighted by Crippen LogP contribution is 2.29. The van der Waals surface area contributed by atoms with Crippen molar-refractivity contribution in [1.82, 2.24) is 15.1 Å². The number of carbonyl (C=O) groups is 3. The van der Waals surface area contributed by atoms with Gasteiger partial charge in [-0.05, 0) is 36.9 Å². The Morgan fingerprint density at radius 1 is 0.944 bits per heavy atom. The molecule has 3 amide bonds. The highest BCUT2D eigenvalue weighted by molar-refractivity contribution is 6.03. The molecule has 1 aliphatic carbocycles. The second-order valence-corrected chi connectivity index (χ2v) is 9.13. The normalized spacial score (nSPS) is 18.9. The Bertz CT molecular complexity index is 977. The molecular formula is C29H39N3O4. The SMILES string of the molecule is CC.CNC(C(=O)N1C(=O)N(Cc2ccccc2)CC1C(=O)OCc1ccccc1)C1CCCCC1. The molecule has 2 aromatic rings. The van der Waals surface area contributed by atoms with Crippen molar-refractivity contribution in [2.24, 2.45) is 5.92 Å². The highest BCUT2D eigenvalue weighted by atomic mass is 16.5. The molecule has 2 fully saturated rings. The van der Waals surface area contributed by atoms with Gasteiger partial charge in [0, 0.05) is 6.54 Å². The van der Waals surface area contributed by atoms with Gasteiger partial charge < -0.3 is 15.0 Å². The smallest absolute Gasteiger partial charge is 0.331 e. The van der Waals surface area contributed by atoms with E-state index >= 15 is 0 Å². The Morgan fingerprint density at radius 2 is 1.53 bits per heavy atom. The number of hydrogen-bond acceptors (Lipinski definition) is 5. The lowest BCUT2D eigenvalue weighted by molar-refractivity contribution is -0.153. The third-order valence-electron chi connectivity index (χ3n) is 6.83. The maximum absolute atomic E-state index is 13.7. The van der Waals surface area contributed by atoms with E-state index in [1.165, 1.54) is 6.42 Å². The molecule has 0 radical (unpaired) electrons. The fraction of sp³-hybridized carbons (Fsp3) is 0.483. The quantitative estimate of drug-likeness (QED) is 0.537.